The lowest BCUT2D eigenvalue weighted by molar-refractivity contribution is 0.0997. The molecule has 2 rings (SSSR count). The van der Waals surface area contributed by atoms with Crippen LogP contribution in [-0.4, -0.2) is 32.7 Å². The Morgan fingerprint density at radius 2 is 1.89 bits per heavy atom. The van der Waals surface area contributed by atoms with E-state index in [0.29, 0.717) is 4.88 Å². The Balaban J connectivity index is 1.64. The summed E-state index contributed by atoms with van der Waals surface area (Å²) in [6.45, 7) is 6.54. The molecule has 0 fully saturated rings. The van der Waals surface area contributed by atoms with Gasteiger partial charge in [0.25, 0.3) is 5.91 Å². The first-order valence-electron chi connectivity index (χ1n) is 9.69. The van der Waals surface area contributed by atoms with Crippen molar-refractivity contribution in [3.8, 4) is 5.75 Å². The van der Waals surface area contributed by atoms with Crippen molar-refractivity contribution in [1.29, 1.82) is 0 Å². The van der Waals surface area contributed by atoms with Crippen LogP contribution in [0, 0.1) is 0 Å². The molecule has 28 heavy (non-hydrogen) atoms. The number of rotatable bonds is 13. The van der Waals surface area contributed by atoms with Gasteiger partial charge in [0, 0.05) is 12.7 Å². The maximum atomic E-state index is 12.5. The maximum absolute atomic E-state index is 12.5. The van der Waals surface area contributed by atoms with Gasteiger partial charge >= 0.3 is 0 Å². The highest BCUT2D eigenvalue weighted by molar-refractivity contribution is 9.11. The van der Waals surface area contributed by atoms with Gasteiger partial charge in [0.1, 0.15) is 5.75 Å². The third-order valence-electron chi connectivity index (χ3n) is 4.35. The number of unbranched alkanes of at least 4 members (excludes halogenated alkanes) is 3. The van der Waals surface area contributed by atoms with E-state index in [1.54, 1.807) is 11.9 Å². The number of amides is 1. The number of hydrogen-bond donors (Lipinski definition) is 1. The maximum Gasteiger partial charge on any atom is 0.268 e. The number of thiophene rings is 1. The number of ether oxygens (including phenoxy) is 1. The summed E-state index contributed by atoms with van der Waals surface area (Å²) in [4.78, 5) is 14.9. The highest BCUT2D eigenvalue weighted by Gasteiger charge is 2.15. The number of benzene rings is 1. The number of halogens is 1. The number of hydrogen-bond acceptors (Lipinski definition) is 4. The molecule has 6 heteroatoms. The van der Waals surface area contributed by atoms with E-state index < -0.39 is 0 Å². The first-order valence-corrected chi connectivity index (χ1v) is 11.3. The van der Waals surface area contributed by atoms with Crippen molar-refractivity contribution in [1.82, 2.24) is 5.32 Å². The average Bonchev–Trinajstić information content (AvgIpc) is 3.15. The monoisotopic (exact) mass is 464 g/mol. The molecule has 1 heterocycles. The second-order valence-corrected chi connectivity index (χ2v) is 9.01. The van der Waals surface area contributed by atoms with Crippen LogP contribution in [0.5, 0.6) is 5.75 Å². The smallest absolute Gasteiger partial charge is 0.268 e. The summed E-state index contributed by atoms with van der Waals surface area (Å²) in [6, 6.07) is 11.4. The Bertz CT molecular complexity index is 730. The van der Waals surface area contributed by atoms with Crippen LogP contribution in [-0.2, 0) is 0 Å². The Labute approximate surface area is 180 Å². The number of nitrogens with zero attached hydrogens (tertiary/aromatic N) is 1. The van der Waals surface area contributed by atoms with Crippen molar-refractivity contribution < 1.29 is 9.53 Å². The van der Waals surface area contributed by atoms with E-state index >= 15 is 0 Å². The molecule has 0 radical (unpaired) electrons. The highest BCUT2D eigenvalue weighted by Crippen LogP contribution is 2.26. The SMILES string of the molecule is C=CCCNCCCCCCOc1ccc(N(C)C(=O)c2ccc(Br)s2)cc1. The zero-order valence-corrected chi connectivity index (χ0v) is 18.9. The lowest BCUT2D eigenvalue weighted by atomic mass is 10.2. The van der Waals surface area contributed by atoms with Gasteiger partial charge in [-0.15, -0.1) is 17.9 Å². The predicted molar refractivity (Wildman–Crippen MR) is 123 cm³/mol. The lowest BCUT2D eigenvalue weighted by Crippen LogP contribution is -2.25. The van der Waals surface area contributed by atoms with Gasteiger partial charge in [-0.05, 0) is 84.7 Å². The number of anilines is 1. The minimum absolute atomic E-state index is 0.0108. The van der Waals surface area contributed by atoms with Gasteiger partial charge in [-0.3, -0.25) is 4.79 Å². The quantitative estimate of drug-likeness (QED) is 0.296. The van der Waals surface area contributed by atoms with Gasteiger partial charge in [-0.25, -0.2) is 0 Å². The van der Waals surface area contributed by atoms with E-state index in [2.05, 4.69) is 27.8 Å². The van der Waals surface area contributed by atoms with E-state index in [-0.39, 0.29) is 5.91 Å². The van der Waals surface area contributed by atoms with Gasteiger partial charge in [0.05, 0.1) is 15.3 Å². The summed E-state index contributed by atoms with van der Waals surface area (Å²) in [6.07, 6.45) is 7.62. The standard InChI is InChI=1S/C22H29BrN2O2S/c1-3-4-15-24-16-7-5-6-8-17-27-19-11-9-18(10-12-19)25(2)22(26)20-13-14-21(23)28-20/h3,9-14,24H,1,4-8,15-17H2,2H3. The number of carbonyl (C=O) groups excluding carboxylic acids is 1. The molecule has 1 aromatic heterocycles. The van der Waals surface area contributed by atoms with Gasteiger partial charge in [-0.2, -0.15) is 0 Å². The molecule has 0 aliphatic heterocycles. The number of carbonyl (C=O) groups is 1. The van der Waals surface area contributed by atoms with E-state index in [9.17, 15) is 4.79 Å². The first-order chi connectivity index (χ1) is 13.6. The van der Waals surface area contributed by atoms with E-state index in [0.717, 1.165) is 47.8 Å². The third kappa shape index (κ3) is 7.78. The average molecular weight is 465 g/mol. The minimum atomic E-state index is -0.0108. The van der Waals surface area contributed by atoms with Crippen molar-refractivity contribution >= 4 is 38.9 Å². The molecule has 0 aliphatic carbocycles. The van der Waals surface area contributed by atoms with Crippen LogP contribution in [0.3, 0.4) is 0 Å². The van der Waals surface area contributed by atoms with E-state index in [1.807, 2.05) is 42.5 Å². The summed E-state index contributed by atoms with van der Waals surface area (Å²) < 4.78 is 6.77. The molecule has 0 unspecified atom stereocenters. The Hall–Kier alpha value is -1.63. The molecule has 1 N–H and O–H groups in total. The van der Waals surface area contributed by atoms with Crippen LogP contribution < -0.4 is 15.0 Å². The first kappa shape index (κ1) is 22.7. The van der Waals surface area contributed by atoms with Crippen molar-refractivity contribution in [2.75, 3.05) is 31.6 Å². The Morgan fingerprint density at radius 1 is 1.14 bits per heavy atom. The molecule has 0 atom stereocenters. The third-order valence-corrected chi connectivity index (χ3v) is 5.97. The molecule has 1 aromatic carbocycles. The fourth-order valence-electron chi connectivity index (χ4n) is 2.70. The van der Waals surface area contributed by atoms with Crippen LogP contribution >= 0.6 is 27.3 Å². The van der Waals surface area contributed by atoms with Gasteiger partial charge in [0.15, 0.2) is 0 Å². The fraction of sp³-hybridized carbons (Fsp3) is 0.409. The van der Waals surface area contributed by atoms with Crippen LogP contribution in [0.1, 0.15) is 41.8 Å². The molecular formula is C22H29BrN2O2S. The Kier molecular flexibility index (Phi) is 10.3. The molecule has 152 valence electrons. The molecular weight excluding hydrogens is 436 g/mol. The molecule has 0 saturated heterocycles. The molecule has 0 saturated carbocycles. The second kappa shape index (κ2) is 12.8. The van der Waals surface area contributed by atoms with E-state index in [1.165, 1.54) is 30.6 Å². The van der Waals surface area contributed by atoms with Crippen LogP contribution in [0.25, 0.3) is 0 Å². The molecule has 1 amide bonds. The topological polar surface area (TPSA) is 41.6 Å². The normalized spacial score (nSPS) is 10.6. The van der Waals surface area contributed by atoms with Crippen molar-refractivity contribution in [2.45, 2.75) is 32.1 Å². The van der Waals surface area contributed by atoms with Gasteiger partial charge in [-0.1, -0.05) is 18.9 Å². The second-order valence-electron chi connectivity index (χ2n) is 6.55. The lowest BCUT2D eigenvalue weighted by Gasteiger charge is -2.17. The van der Waals surface area contributed by atoms with E-state index in [4.69, 9.17) is 4.74 Å². The molecule has 2 aromatic rings. The largest absolute Gasteiger partial charge is 0.494 e. The summed E-state index contributed by atoms with van der Waals surface area (Å²) in [7, 11) is 1.79. The molecule has 0 bridgehead atoms. The van der Waals surface area contributed by atoms with Crippen molar-refractivity contribution in [3.63, 3.8) is 0 Å². The highest BCUT2D eigenvalue weighted by atomic mass is 79.9. The summed E-state index contributed by atoms with van der Waals surface area (Å²) >= 11 is 4.84. The fourth-order valence-corrected chi connectivity index (χ4v) is 4.06. The van der Waals surface area contributed by atoms with Gasteiger partial charge in [0.2, 0.25) is 0 Å². The summed E-state index contributed by atoms with van der Waals surface area (Å²) in [5.41, 5.74) is 0.853. The van der Waals surface area contributed by atoms with Crippen molar-refractivity contribution in [2.24, 2.45) is 0 Å². The number of nitrogens with one attached hydrogen (secondary N) is 1. The zero-order chi connectivity index (χ0) is 20.2. The van der Waals surface area contributed by atoms with Gasteiger partial charge < -0.3 is 15.0 Å². The summed E-state index contributed by atoms with van der Waals surface area (Å²) in [5, 5.41) is 3.40. The summed E-state index contributed by atoms with van der Waals surface area (Å²) in [5.74, 6) is 0.831. The zero-order valence-electron chi connectivity index (χ0n) is 16.5. The molecule has 0 aliphatic rings. The minimum Gasteiger partial charge on any atom is -0.494 e. The van der Waals surface area contributed by atoms with Crippen LogP contribution in [0.2, 0.25) is 0 Å². The van der Waals surface area contributed by atoms with Crippen LogP contribution in [0.15, 0.2) is 52.8 Å². The molecule has 4 nitrogen and oxygen atoms in total. The van der Waals surface area contributed by atoms with Crippen LogP contribution in [0.4, 0.5) is 5.69 Å². The molecule has 0 spiro atoms. The Morgan fingerprint density at radius 3 is 2.57 bits per heavy atom. The predicted octanol–water partition coefficient (Wildman–Crippen LogP) is 5.89. The van der Waals surface area contributed by atoms with Crippen molar-refractivity contribution in [3.05, 3.63) is 57.7 Å².